The van der Waals surface area contributed by atoms with Crippen LogP contribution in [0.2, 0.25) is 5.02 Å². The summed E-state index contributed by atoms with van der Waals surface area (Å²) >= 11 is 5.90. The van der Waals surface area contributed by atoms with Crippen molar-refractivity contribution >= 4 is 33.2 Å². The van der Waals surface area contributed by atoms with Gasteiger partial charge in [0.05, 0.1) is 23.7 Å². The first kappa shape index (κ1) is 24.5. The Balaban J connectivity index is 1.66. The molecule has 0 aromatic heterocycles. The highest BCUT2D eigenvalue weighted by atomic mass is 35.5. The van der Waals surface area contributed by atoms with Gasteiger partial charge in [0.1, 0.15) is 5.75 Å². The number of anilines is 1. The van der Waals surface area contributed by atoms with Crippen LogP contribution in [0.3, 0.4) is 0 Å². The van der Waals surface area contributed by atoms with Crippen LogP contribution in [0.15, 0.2) is 108 Å². The van der Waals surface area contributed by atoms with E-state index in [9.17, 15) is 13.2 Å². The van der Waals surface area contributed by atoms with Crippen molar-refractivity contribution < 1.29 is 17.9 Å². The van der Waals surface area contributed by atoms with E-state index in [1.54, 1.807) is 24.3 Å². The van der Waals surface area contributed by atoms with Crippen LogP contribution in [-0.2, 0) is 10.0 Å². The molecule has 0 radical (unpaired) electrons. The molecule has 4 aromatic carbocycles. The predicted molar refractivity (Wildman–Crippen MR) is 137 cm³/mol. The number of hydrogen-bond donors (Lipinski definition) is 2. The van der Waals surface area contributed by atoms with E-state index >= 15 is 0 Å². The highest BCUT2D eigenvalue weighted by molar-refractivity contribution is 7.89. The Morgan fingerprint density at radius 1 is 0.829 bits per heavy atom. The lowest BCUT2D eigenvalue weighted by Crippen LogP contribution is -2.29. The molecule has 0 saturated carbocycles. The lowest BCUT2D eigenvalue weighted by atomic mass is 10.00. The van der Waals surface area contributed by atoms with Crippen molar-refractivity contribution in [1.82, 2.24) is 4.72 Å². The summed E-state index contributed by atoms with van der Waals surface area (Å²) in [5.74, 6) is -0.0946. The third-order valence-electron chi connectivity index (χ3n) is 5.37. The Morgan fingerprint density at radius 3 is 1.94 bits per heavy atom. The molecular weight excluding hydrogens is 484 g/mol. The van der Waals surface area contributed by atoms with Crippen molar-refractivity contribution in [2.24, 2.45) is 0 Å². The largest absolute Gasteiger partial charge is 0.495 e. The summed E-state index contributed by atoms with van der Waals surface area (Å²) in [4.78, 5) is 12.7. The van der Waals surface area contributed by atoms with E-state index in [1.807, 2.05) is 60.7 Å². The van der Waals surface area contributed by atoms with Crippen LogP contribution >= 0.6 is 11.6 Å². The molecule has 1 amide bonds. The van der Waals surface area contributed by atoms with Gasteiger partial charge >= 0.3 is 0 Å². The molecule has 4 aromatic rings. The number of benzene rings is 4. The number of ether oxygens (including phenoxy) is 1. The molecule has 0 fully saturated rings. The van der Waals surface area contributed by atoms with Crippen LogP contribution in [-0.4, -0.2) is 21.4 Å². The van der Waals surface area contributed by atoms with Crippen molar-refractivity contribution in [3.63, 3.8) is 0 Å². The molecule has 35 heavy (non-hydrogen) atoms. The average molecular weight is 507 g/mol. The molecule has 0 saturated heterocycles. The van der Waals surface area contributed by atoms with Gasteiger partial charge < -0.3 is 10.1 Å². The van der Waals surface area contributed by atoms with Gasteiger partial charge in [0.15, 0.2) is 0 Å². The number of hydrogen-bond acceptors (Lipinski definition) is 4. The minimum Gasteiger partial charge on any atom is -0.495 e. The fourth-order valence-corrected chi connectivity index (χ4v) is 4.96. The fourth-order valence-electron chi connectivity index (χ4n) is 3.59. The molecule has 0 atom stereocenters. The average Bonchev–Trinajstić information content (AvgIpc) is 2.88. The topological polar surface area (TPSA) is 84.5 Å². The number of carbonyl (C=O) groups is 1. The maximum Gasteiger partial charge on any atom is 0.255 e. The standard InChI is InChI=1S/C27H23ClN2O4S/c1-34-25-17-16-23(18-24(25)29-27(31)21-12-14-22(28)15-13-21)35(32,33)30-26(19-8-4-2-5-9-19)20-10-6-3-7-11-20/h2-18,26,30H,1H3,(H,29,31). The van der Waals surface area contributed by atoms with E-state index < -0.39 is 22.0 Å². The van der Waals surface area contributed by atoms with Gasteiger partial charge in [0.2, 0.25) is 10.0 Å². The maximum atomic E-state index is 13.5. The van der Waals surface area contributed by atoms with Gasteiger partial charge in [-0.1, -0.05) is 72.3 Å². The van der Waals surface area contributed by atoms with E-state index in [2.05, 4.69) is 10.0 Å². The Labute approximate surface area is 209 Å². The van der Waals surface area contributed by atoms with Gasteiger partial charge in [-0.25, -0.2) is 8.42 Å². The summed E-state index contributed by atoms with van der Waals surface area (Å²) in [6, 6.07) is 28.7. The third-order valence-corrected chi connectivity index (χ3v) is 7.05. The van der Waals surface area contributed by atoms with Crippen LogP contribution < -0.4 is 14.8 Å². The highest BCUT2D eigenvalue weighted by Crippen LogP contribution is 2.30. The summed E-state index contributed by atoms with van der Waals surface area (Å²) in [6.07, 6.45) is 0. The number of amides is 1. The second-order valence-electron chi connectivity index (χ2n) is 7.70. The molecule has 6 nitrogen and oxygen atoms in total. The first-order valence-electron chi connectivity index (χ1n) is 10.7. The smallest absolute Gasteiger partial charge is 0.255 e. The normalized spacial score (nSPS) is 11.3. The van der Waals surface area contributed by atoms with Crippen LogP contribution in [0.4, 0.5) is 5.69 Å². The number of rotatable bonds is 8. The van der Waals surface area contributed by atoms with E-state index in [0.29, 0.717) is 16.3 Å². The second-order valence-corrected chi connectivity index (χ2v) is 9.85. The zero-order chi connectivity index (χ0) is 24.8. The number of halogens is 1. The molecule has 0 heterocycles. The Bertz CT molecular complexity index is 1370. The Hall–Kier alpha value is -3.65. The van der Waals surface area contributed by atoms with Crippen LogP contribution in [0.25, 0.3) is 0 Å². The minimum atomic E-state index is -3.98. The Morgan fingerprint density at radius 2 is 1.40 bits per heavy atom. The molecule has 0 bridgehead atoms. The van der Waals surface area contributed by atoms with E-state index in [4.69, 9.17) is 16.3 Å². The zero-order valence-electron chi connectivity index (χ0n) is 18.8. The van der Waals surface area contributed by atoms with Crippen molar-refractivity contribution in [3.8, 4) is 5.75 Å². The molecule has 2 N–H and O–H groups in total. The minimum absolute atomic E-state index is 0.0124. The van der Waals surface area contributed by atoms with Crippen molar-refractivity contribution in [2.45, 2.75) is 10.9 Å². The monoisotopic (exact) mass is 506 g/mol. The molecule has 0 aliphatic rings. The van der Waals surface area contributed by atoms with Gasteiger partial charge in [0, 0.05) is 10.6 Å². The highest BCUT2D eigenvalue weighted by Gasteiger charge is 2.24. The number of carbonyl (C=O) groups excluding carboxylic acids is 1. The summed E-state index contributed by atoms with van der Waals surface area (Å²) in [7, 11) is -2.54. The number of methoxy groups -OCH3 is 1. The summed E-state index contributed by atoms with van der Waals surface area (Å²) in [6.45, 7) is 0. The summed E-state index contributed by atoms with van der Waals surface area (Å²) < 4.78 is 35.0. The van der Waals surface area contributed by atoms with E-state index in [-0.39, 0.29) is 10.6 Å². The van der Waals surface area contributed by atoms with Crippen LogP contribution in [0.1, 0.15) is 27.5 Å². The third kappa shape index (κ3) is 5.89. The van der Waals surface area contributed by atoms with Gasteiger partial charge in [0.25, 0.3) is 5.91 Å². The van der Waals surface area contributed by atoms with Crippen LogP contribution in [0, 0.1) is 0 Å². The lowest BCUT2D eigenvalue weighted by molar-refractivity contribution is 0.102. The molecule has 0 aliphatic carbocycles. The molecule has 178 valence electrons. The van der Waals surface area contributed by atoms with Gasteiger partial charge in [-0.3, -0.25) is 4.79 Å². The van der Waals surface area contributed by atoms with Crippen molar-refractivity contribution in [3.05, 3.63) is 125 Å². The zero-order valence-corrected chi connectivity index (χ0v) is 20.4. The van der Waals surface area contributed by atoms with Crippen molar-refractivity contribution in [2.75, 3.05) is 12.4 Å². The molecular formula is C27H23ClN2O4S. The molecule has 0 spiro atoms. The first-order chi connectivity index (χ1) is 16.9. The second kappa shape index (κ2) is 10.7. The van der Waals surface area contributed by atoms with Crippen LogP contribution in [0.5, 0.6) is 5.75 Å². The summed E-state index contributed by atoms with van der Waals surface area (Å²) in [5, 5.41) is 3.23. The predicted octanol–water partition coefficient (Wildman–Crippen LogP) is 5.67. The van der Waals surface area contributed by atoms with Gasteiger partial charge in [-0.15, -0.1) is 0 Å². The van der Waals surface area contributed by atoms with Crippen molar-refractivity contribution in [1.29, 1.82) is 0 Å². The Kier molecular flexibility index (Phi) is 7.51. The van der Waals surface area contributed by atoms with E-state index in [0.717, 1.165) is 11.1 Å². The SMILES string of the molecule is COc1ccc(S(=O)(=O)NC(c2ccccc2)c2ccccc2)cc1NC(=O)c1ccc(Cl)cc1. The number of sulfonamides is 1. The molecule has 0 unspecified atom stereocenters. The molecule has 0 aliphatic heterocycles. The quantitative estimate of drug-likeness (QED) is 0.322. The first-order valence-corrected chi connectivity index (χ1v) is 12.6. The molecule has 8 heteroatoms. The lowest BCUT2D eigenvalue weighted by Gasteiger charge is -2.20. The summed E-state index contributed by atoms with van der Waals surface area (Å²) in [5.41, 5.74) is 2.20. The fraction of sp³-hybridized carbons (Fsp3) is 0.0741. The van der Waals surface area contributed by atoms with Gasteiger partial charge in [-0.2, -0.15) is 4.72 Å². The molecule has 4 rings (SSSR count). The number of nitrogens with one attached hydrogen (secondary N) is 2. The van der Waals surface area contributed by atoms with E-state index in [1.165, 1.54) is 25.3 Å². The maximum absolute atomic E-state index is 13.5. The van der Waals surface area contributed by atoms with Gasteiger partial charge in [-0.05, 0) is 53.6 Å².